The lowest BCUT2D eigenvalue weighted by molar-refractivity contribution is -0.123. The molecule has 0 radical (unpaired) electrons. The zero-order chi connectivity index (χ0) is 18.4. The molecule has 0 spiro atoms. The van der Waals surface area contributed by atoms with Crippen LogP contribution in [0.1, 0.15) is 24.1 Å². The van der Waals surface area contributed by atoms with E-state index >= 15 is 0 Å². The Bertz CT molecular complexity index is 700. The van der Waals surface area contributed by atoms with Crippen LogP contribution in [0, 0.1) is 5.82 Å². The molecule has 6 heteroatoms. The molecule has 1 amide bonds. The Morgan fingerprint density at radius 3 is 2.23 bits per heavy atom. The third-order valence-electron chi connectivity index (χ3n) is 4.83. The van der Waals surface area contributed by atoms with Gasteiger partial charge in [-0.1, -0.05) is 19.1 Å². The topological polar surface area (TPSA) is 48.5 Å². The molecule has 1 fully saturated rings. The number of aromatic nitrogens is 1. The van der Waals surface area contributed by atoms with Gasteiger partial charge >= 0.3 is 0 Å². The first-order chi connectivity index (χ1) is 12.7. The van der Waals surface area contributed by atoms with Crippen molar-refractivity contribution < 1.29 is 9.18 Å². The van der Waals surface area contributed by atoms with Crippen LogP contribution in [-0.4, -0.2) is 60.0 Å². The number of nitrogens with one attached hydrogen (secondary N) is 1. The minimum absolute atomic E-state index is 0.0268. The second kappa shape index (κ2) is 8.87. The van der Waals surface area contributed by atoms with E-state index in [9.17, 15) is 9.18 Å². The van der Waals surface area contributed by atoms with Crippen molar-refractivity contribution in [2.45, 2.75) is 13.0 Å². The van der Waals surface area contributed by atoms with Gasteiger partial charge in [0.1, 0.15) is 5.82 Å². The predicted molar refractivity (Wildman–Crippen MR) is 99.2 cm³/mol. The minimum Gasteiger partial charge on any atom is -0.344 e. The van der Waals surface area contributed by atoms with Gasteiger partial charge in [0.05, 0.1) is 12.6 Å². The van der Waals surface area contributed by atoms with Crippen LogP contribution in [0.3, 0.4) is 0 Å². The molecular formula is C20H25FN4O. The second-order valence-corrected chi connectivity index (χ2v) is 6.54. The number of nitrogens with zero attached hydrogens (tertiary/aromatic N) is 3. The molecule has 26 heavy (non-hydrogen) atoms. The highest BCUT2D eigenvalue weighted by Crippen LogP contribution is 2.22. The number of likely N-dealkylation sites (N-methyl/N-ethyl adjacent to an activating group) is 1. The van der Waals surface area contributed by atoms with Crippen molar-refractivity contribution in [3.05, 3.63) is 65.7 Å². The number of hydrogen-bond acceptors (Lipinski definition) is 4. The van der Waals surface area contributed by atoms with E-state index in [1.54, 1.807) is 24.5 Å². The monoisotopic (exact) mass is 356 g/mol. The van der Waals surface area contributed by atoms with Crippen LogP contribution < -0.4 is 5.32 Å². The molecule has 1 atom stereocenters. The summed E-state index contributed by atoms with van der Waals surface area (Å²) in [4.78, 5) is 21.2. The summed E-state index contributed by atoms with van der Waals surface area (Å²) in [5.41, 5.74) is 1.78. The zero-order valence-corrected chi connectivity index (χ0v) is 15.1. The highest BCUT2D eigenvalue weighted by atomic mass is 19.1. The van der Waals surface area contributed by atoms with Crippen LogP contribution in [0.4, 0.5) is 4.39 Å². The van der Waals surface area contributed by atoms with E-state index in [1.807, 2.05) is 12.1 Å². The van der Waals surface area contributed by atoms with E-state index in [0.717, 1.165) is 43.9 Å². The van der Waals surface area contributed by atoms with Crippen LogP contribution in [-0.2, 0) is 4.79 Å². The van der Waals surface area contributed by atoms with Crippen molar-refractivity contribution in [1.82, 2.24) is 20.1 Å². The quantitative estimate of drug-likeness (QED) is 0.861. The first kappa shape index (κ1) is 18.5. The second-order valence-electron chi connectivity index (χ2n) is 6.54. The summed E-state index contributed by atoms with van der Waals surface area (Å²) >= 11 is 0. The van der Waals surface area contributed by atoms with Gasteiger partial charge in [-0.05, 0) is 41.9 Å². The van der Waals surface area contributed by atoms with Crippen LogP contribution in [0.15, 0.2) is 48.8 Å². The number of benzene rings is 1. The SMILES string of the molecule is CCN1CCN(CC(=O)N[C@@H](c2ccncc2)c2ccc(F)cc2)CC1. The van der Waals surface area contributed by atoms with E-state index in [-0.39, 0.29) is 17.8 Å². The van der Waals surface area contributed by atoms with Crippen molar-refractivity contribution in [1.29, 1.82) is 0 Å². The molecule has 1 aromatic heterocycles. The Kier molecular flexibility index (Phi) is 6.30. The Morgan fingerprint density at radius 1 is 1.04 bits per heavy atom. The molecule has 1 aliphatic heterocycles. The highest BCUT2D eigenvalue weighted by molar-refractivity contribution is 5.79. The Balaban J connectivity index is 1.68. The van der Waals surface area contributed by atoms with Crippen LogP contribution in [0.2, 0.25) is 0 Å². The zero-order valence-electron chi connectivity index (χ0n) is 15.1. The summed E-state index contributed by atoms with van der Waals surface area (Å²) in [6.45, 7) is 7.37. The van der Waals surface area contributed by atoms with E-state index in [0.29, 0.717) is 6.54 Å². The van der Waals surface area contributed by atoms with Crippen molar-refractivity contribution >= 4 is 5.91 Å². The van der Waals surface area contributed by atoms with E-state index in [4.69, 9.17) is 0 Å². The molecule has 1 N–H and O–H groups in total. The first-order valence-corrected chi connectivity index (χ1v) is 9.05. The maximum absolute atomic E-state index is 13.3. The summed E-state index contributed by atoms with van der Waals surface area (Å²) in [6, 6.07) is 9.67. The summed E-state index contributed by atoms with van der Waals surface area (Å²) in [7, 11) is 0. The van der Waals surface area contributed by atoms with Gasteiger partial charge in [-0.25, -0.2) is 4.39 Å². The fourth-order valence-electron chi connectivity index (χ4n) is 3.24. The van der Waals surface area contributed by atoms with Gasteiger partial charge < -0.3 is 10.2 Å². The van der Waals surface area contributed by atoms with Crippen molar-refractivity contribution in [2.24, 2.45) is 0 Å². The number of halogens is 1. The van der Waals surface area contributed by atoms with Crippen LogP contribution in [0.25, 0.3) is 0 Å². The maximum Gasteiger partial charge on any atom is 0.234 e. The molecule has 0 unspecified atom stereocenters. The Labute approximate surface area is 153 Å². The lowest BCUT2D eigenvalue weighted by Gasteiger charge is -2.33. The van der Waals surface area contributed by atoms with Gasteiger partial charge in [0, 0.05) is 38.6 Å². The van der Waals surface area contributed by atoms with Crippen molar-refractivity contribution in [3.8, 4) is 0 Å². The summed E-state index contributed by atoms with van der Waals surface area (Å²) in [5, 5.41) is 3.10. The number of carbonyl (C=O) groups excluding carboxylic acids is 1. The van der Waals surface area contributed by atoms with Crippen LogP contribution >= 0.6 is 0 Å². The molecule has 2 aromatic rings. The van der Waals surface area contributed by atoms with Gasteiger partial charge in [0.25, 0.3) is 0 Å². The molecule has 3 rings (SSSR count). The number of hydrogen-bond donors (Lipinski definition) is 1. The van der Waals surface area contributed by atoms with Gasteiger partial charge in [0.15, 0.2) is 0 Å². The number of rotatable bonds is 6. The molecule has 0 saturated carbocycles. The molecule has 1 saturated heterocycles. The van der Waals surface area contributed by atoms with Crippen LogP contribution in [0.5, 0.6) is 0 Å². The largest absolute Gasteiger partial charge is 0.344 e. The third-order valence-corrected chi connectivity index (χ3v) is 4.83. The van der Waals surface area contributed by atoms with Crippen molar-refractivity contribution in [2.75, 3.05) is 39.3 Å². The maximum atomic E-state index is 13.3. The molecule has 1 aromatic carbocycles. The summed E-state index contributed by atoms with van der Waals surface area (Å²) < 4.78 is 13.3. The minimum atomic E-state index is -0.317. The van der Waals surface area contributed by atoms with E-state index in [2.05, 4.69) is 27.0 Å². The predicted octanol–water partition coefficient (Wildman–Crippen LogP) is 2.06. The molecule has 2 heterocycles. The fourth-order valence-corrected chi connectivity index (χ4v) is 3.24. The first-order valence-electron chi connectivity index (χ1n) is 9.05. The lowest BCUT2D eigenvalue weighted by Crippen LogP contribution is -2.49. The number of carbonyl (C=O) groups is 1. The fraction of sp³-hybridized carbons (Fsp3) is 0.400. The van der Waals surface area contributed by atoms with E-state index < -0.39 is 0 Å². The molecular weight excluding hydrogens is 331 g/mol. The summed E-state index contributed by atoms with van der Waals surface area (Å²) in [6.07, 6.45) is 3.39. The lowest BCUT2D eigenvalue weighted by atomic mass is 9.99. The molecule has 0 aliphatic carbocycles. The normalized spacial score (nSPS) is 17.0. The average molecular weight is 356 g/mol. The number of pyridine rings is 1. The Morgan fingerprint density at radius 2 is 1.62 bits per heavy atom. The summed E-state index contributed by atoms with van der Waals surface area (Å²) in [5.74, 6) is -0.316. The van der Waals surface area contributed by atoms with Gasteiger partial charge in [-0.3, -0.25) is 14.7 Å². The molecule has 0 bridgehead atoms. The van der Waals surface area contributed by atoms with E-state index in [1.165, 1.54) is 12.1 Å². The smallest absolute Gasteiger partial charge is 0.234 e. The Hall–Kier alpha value is -2.31. The van der Waals surface area contributed by atoms with Crippen molar-refractivity contribution in [3.63, 3.8) is 0 Å². The number of piperazine rings is 1. The average Bonchev–Trinajstić information content (AvgIpc) is 2.68. The molecule has 138 valence electrons. The molecule has 1 aliphatic rings. The number of amides is 1. The molecule has 5 nitrogen and oxygen atoms in total. The highest BCUT2D eigenvalue weighted by Gasteiger charge is 2.21. The van der Waals surface area contributed by atoms with Gasteiger partial charge in [0.2, 0.25) is 5.91 Å². The van der Waals surface area contributed by atoms with Gasteiger partial charge in [-0.15, -0.1) is 0 Å². The standard InChI is InChI=1S/C20H25FN4O/c1-2-24-11-13-25(14-12-24)15-19(26)23-20(17-7-9-22-10-8-17)16-3-5-18(21)6-4-16/h3-10,20H,2,11-15H2,1H3,(H,23,26)/t20-/m1/s1. The third kappa shape index (κ3) is 4.86. The van der Waals surface area contributed by atoms with Gasteiger partial charge in [-0.2, -0.15) is 0 Å².